The number of ether oxygens (including phenoxy) is 1. The Bertz CT molecular complexity index is 525. The summed E-state index contributed by atoms with van der Waals surface area (Å²) in [5.74, 6) is 0. The second-order valence-electron chi connectivity index (χ2n) is 6.25. The summed E-state index contributed by atoms with van der Waals surface area (Å²) in [6, 6.07) is 3.35. The van der Waals surface area contributed by atoms with E-state index in [4.69, 9.17) is 4.74 Å². The van der Waals surface area contributed by atoms with Crippen molar-refractivity contribution in [1.29, 1.82) is 0 Å². The summed E-state index contributed by atoms with van der Waals surface area (Å²) in [5, 5.41) is 16.9. The molecule has 0 aliphatic carbocycles. The van der Waals surface area contributed by atoms with E-state index in [1.807, 2.05) is 20.8 Å². The van der Waals surface area contributed by atoms with E-state index in [1.54, 1.807) is 6.07 Å². The second kappa shape index (κ2) is 8.83. The van der Waals surface area contributed by atoms with Gasteiger partial charge in [0.05, 0.1) is 4.92 Å². The number of nitrogens with zero attached hydrogens (tertiary/aromatic N) is 1. The van der Waals surface area contributed by atoms with Crippen molar-refractivity contribution >= 4 is 22.4 Å². The molecule has 1 aromatic heterocycles. The molecule has 23 heavy (non-hydrogen) atoms. The average molecular weight is 343 g/mol. The zero-order valence-corrected chi connectivity index (χ0v) is 14.9. The Labute approximate surface area is 140 Å². The first-order valence-electron chi connectivity index (χ1n) is 7.64. The van der Waals surface area contributed by atoms with E-state index in [0.29, 0.717) is 13.1 Å². The highest BCUT2D eigenvalue weighted by molar-refractivity contribution is 7.15. The van der Waals surface area contributed by atoms with Crippen LogP contribution in [0.4, 0.5) is 9.80 Å². The molecule has 0 aliphatic rings. The number of hydrogen-bond donors (Lipinski definition) is 2. The fourth-order valence-corrected chi connectivity index (χ4v) is 2.72. The maximum Gasteiger partial charge on any atom is 0.407 e. The van der Waals surface area contributed by atoms with Crippen molar-refractivity contribution in [3.05, 3.63) is 27.1 Å². The topological polar surface area (TPSA) is 93.5 Å². The Morgan fingerprint density at radius 2 is 2.13 bits per heavy atom. The Balaban J connectivity index is 2.44. The number of rotatable bonds is 8. The van der Waals surface area contributed by atoms with E-state index in [-0.39, 0.29) is 16.0 Å². The molecule has 0 radical (unpaired) electrons. The molecule has 0 aliphatic heterocycles. The standard InChI is InChI=1S/C15H25N3O4S/c1-5-6-11(9-17-14(19)22-15(2,3)4)16-10-12-7-8-13(23-12)18(20)21/h7-8,11,16H,5-6,9-10H2,1-4H3,(H,17,19). The lowest BCUT2D eigenvalue weighted by Crippen LogP contribution is -2.42. The van der Waals surface area contributed by atoms with E-state index in [9.17, 15) is 14.9 Å². The lowest BCUT2D eigenvalue weighted by Gasteiger charge is -2.22. The Kier molecular flexibility index (Phi) is 7.44. The van der Waals surface area contributed by atoms with E-state index in [1.165, 1.54) is 6.07 Å². The van der Waals surface area contributed by atoms with Gasteiger partial charge in [-0.1, -0.05) is 24.7 Å². The molecular weight excluding hydrogens is 318 g/mol. The Morgan fingerprint density at radius 3 is 2.65 bits per heavy atom. The fourth-order valence-electron chi connectivity index (χ4n) is 1.95. The molecule has 0 saturated carbocycles. The van der Waals surface area contributed by atoms with Gasteiger partial charge in [0, 0.05) is 30.1 Å². The molecular formula is C15H25N3O4S. The van der Waals surface area contributed by atoms with Crippen molar-refractivity contribution in [3.63, 3.8) is 0 Å². The number of nitrogens with one attached hydrogen (secondary N) is 2. The van der Waals surface area contributed by atoms with Crippen LogP contribution in [0.5, 0.6) is 0 Å². The summed E-state index contributed by atoms with van der Waals surface area (Å²) < 4.78 is 5.21. The molecule has 1 amide bonds. The Hall–Kier alpha value is -1.67. The predicted octanol–water partition coefficient (Wildman–Crippen LogP) is 3.44. The maximum atomic E-state index is 11.7. The minimum absolute atomic E-state index is 0.0914. The molecule has 8 heteroatoms. The highest BCUT2D eigenvalue weighted by Gasteiger charge is 2.17. The zero-order chi connectivity index (χ0) is 17.5. The first-order chi connectivity index (χ1) is 10.7. The Morgan fingerprint density at radius 1 is 1.43 bits per heavy atom. The van der Waals surface area contributed by atoms with Crippen LogP contribution in [0.15, 0.2) is 12.1 Å². The maximum absolute atomic E-state index is 11.7. The van der Waals surface area contributed by atoms with E-state index in [2.05, 4.69) is 17.6 Å². The molecule has 0 spiro atoms. The van der Waals surface area contributed by atoms with Gasteiger partial charge in [-0.15, -0.1) is 0 Å². The highest BCUT2D eigenvalue weighted by Crippen LogP contribution is 2.23. The second-order valence-corrected chi connectivity index (χ2v) is 7.39. The van der Waals surface area contributed by atoms with Crippen LogP contribution in [0.1, 0.15) is 45.4 Å². The lowest BCUT2D eigenvalue weighted by atomic mass is 10.1. The van der Waals surface area contributed by atoms with Crippen molar-refractivity contribution in [2.45, 2.75) is 58.7 Å². The average Bonchev–Trinajstić information content (AvgIpc) is 2.89. The molecule has 1 atom stereocenters. The van der Waals surface area contributed by atoms with E-state index < -0.39 is 11.7 Å². The molecule has 1 aromatic rings. The summed E-state index contributed by atoms with van der Waals surface area (Å²) in [4.78, 5) is 22.9. The van der Waals surface area contributed by atoms with Crippen LogP contribution in [-0.2, 0) is 11.3 Å². The van der Waals surface area contributed by atoms with Gasteiger partial charge >= 0.3 is 11.1 Å². The number of hydrogen-bond acceptors (Lipinski definition) is 6. The van der Waals surface area contributed by atoms with Gasteiger partial charge in [0.2, 0.25) is 0 Å². The summed E-state index contributed by atoms with van der Waals surface area (Å²) in [7, 11) is 0. The number of thiophene rings is 1. The minimum Gasteiger partial charge on any atom is -0.444 e. The minimum atomic E-state index is -0.520. The largest absolute Gasteiger partial charge is 0.444 e. The van der Waals surface area contributed by atoms with Gasteiger partial charge in [0.25, 0.3) is 0 Å². The van der Waals surface area contributed by atoms with Gasteiger partial charge in [-0.3, -0.25) is 10.1 Å². The monoisotopic (exact) mass is 343 g/mol. The molecule has 0 aromatic carbocycles. The van der Waals surface area contributed by atoms with Crippen LogP contribution in [0.3, 0.4) is 0 Å². The molecule has 130 valence electrons. The molecule has 0 bridgehead atoms. The van der Waals surface area contributed by atoms with Crippen LogP contribution in [-0.4, -0.2) is 29.2 Å². The normalized spacial score (nSPS) is 12.7. The van der Waals surface area contributed by atoms with Crippen LogP contribution in [0.25, 0.3) is 0 Å². The molecule has 0 fully saturated rings. The number of alkyl carbamates (subject to hydrolysis) is 1. The molecule has 7 nitrogen and oxygen atoms in total. The first-order valence-corrected chi connectivity index (χ1v) is 8.46. The molecule has 1 rings (SSSR count). The highest BCUT2D eigenvalue weighted by atomic mass is 32.1. The quantitative estimate of drug-likeness (QED) is 0.557. The van der Waals surface area contributed by atoms with Gasteiger partial charge < -0.3 is 15.4 Å². The number of nitro groups is 1. The van der Waals surface area contributed by atoms with Crippen molar-refractivity contribution in [3.8, 4) is 0 Å². The molecule has 1 heterocycles. The summed E-state index contributed by atoms with van der Waals surface area (Å²) >= 11 is 1.16. The third-order valence-corrected chi connectivity index (χ3v) is 3.96. The van der Waals surface area contributed by atoms with Crippen LogP contribution in [0.2, 0.25) is 0 Å². The third-order valence-electron chi connectivity index (χ3n) is 2.92. The molecule has 1 unspecified atom stereocenters. The SMILES string of the molecule is CCCC(CNC(=O)OC(C)(C)C)NCc1ccc([N+](=O)[O-])s1. The lowest BCUT2D eigenvalue weighted by molar-refractivity contribution is -0.380. The molecule has 0 saturated heterocycles. The van der Waals surface area contributed by atoms with Crippen LogP contribution >= 0.6 is 11.3 Å². The summed E-state index contributed by atoms with van der Waals surface area (Å²) in [6.07, 6.45) is 1.42. The first kappa shape index (κ1) is 19.4. The van der Waals surface area contributed by atoms with E-state index in [0.717, 1.165) is 29.1 Å². The van der Waals surface area contributed by atoms with Gasteiger partial charge in [0.1, 0.15) is 5.60 Å². The zero-order valence-electron chi connectivity index (χ0n) is 14.0. The van der Waals surface area contributed by atoms with Crippen molar-refractivity contribution in [2.24, 2.45) is 0 Å². The smallest absolute Gasteiger partial charge is 0.407 e. The third kappa shape index (κ3) is 7.94. The van der Waals surface area contributed by atoms with Crippen molar-refractivity contribution < 1.29 is 14.5 Å². The van der Waals surface area contributed by atoms with Gasteiger partial charge in [0.15, 0.2) is 0 Å². The predicted molar refractivity (Wildman–Crippen MR) is 90.7 cm³/mol. The fraction of sp³-hybridized carbons (Fsp3) is 0.667. The van der Waals surface area contributed by atoms with Crippen molar-refractivity contribution in [1.82, 2.24) is 10.6 Å². The van der Waals surface area contributed by atoms with Gasteiger partial charge in [-0.25, -0.2) is 4.79 Å². The summed E-state index contributed by atoms with van der Waals surface area (Å²) in [5.41, 5.74) is -0.520. The van der Waals surface area contributed by atoms with Gasteiger partial charge in [-0.2, -0.15) is 0 Å². The number of carbonyl (C=O) groups is 1. The van der Waals surface area contributed by atoms with Crippen LogP contribution < -0.4 is 10.6 Å². The van der Waals surface area contributed by atoms with Gasteiger partial charge in [-0.05, 0) is 33.3 Å². The number of carbonyl (C=O) groups excluding carboxylic acids is 1. The van der Waals surface area contributed by atoms with Crippen LogP contribution in [0, 0.1) is 10.1 Å². The van der Waals surface area contributed by atoms with E-state index >= 15 is 0 Å². The molecule has 2 N–H and O–H groups in total. The van der Waals surface area contributed by atoms with Crippen molar-refractivity contribution in [2.75, 3.05) is 6.54 Å². The number of amides is 1. The summed E-state index contributed by atoms with van der Waals surface area (Å²) in [6.45, 7) is 8.52.